The Kier molecular flexibility index (Phi) is 8.47. The SMILES string of the molecule is CN(CC(=O)c1cc(Br)cc(Br)c1NC(=O)c1cc(Br)nn1-c1ncccc1Cl)N(C)C(=O)O. The fourth-order valence-electron chi connectivity index (χ4n) is 2.85. The first-order valence-corrected chi connectivity index (χ1v) is 12.1. The van der Waals surface area contributed by atoms with Crippen LogP contribution in [-0.4, -0.2) is 68.3 Å². The molecule has 1 aromatic carbocycles. The standard InChI is InChI=1S/C20H16Br3ClN6O4/c1-28(29(2)20(33)34)9-15(31)11-6-10(21)7-12(22)17(11)26-19(32)14-8-16(23)27-30(14)18-13(24)4-3-5-25-18/h3-8H,9H2,1-2H3,(H,26,32)(H,33,34). The van der Waals surface area contributed by atoms with Gasteiger partial charge in [-0.2, -0.15) is 5.10 Å². The Morgan fingerprint density at radius 1 is 1.18 bits per heavy atom. The number of nitrogens with one attached hydrogen (secondary N) is 1. The van der Waals surface area contributed by atoms with E-state index in [2.05, 4.69) is 63.2 Å². The fourth-order valence-corrected chi connectivity index (χ4v) is 4.75. The van der Waals surface area contributed by atoms with Gasteiger partial charge in [0.25, 0.3) is 5.91 Å². The van der Waals surface area contributed by atoms with Gasteiger partial charge < -0.3 is 10.4 Å². The average molecular weight is 680 g/mol. The largest absolute Gasteiger partial charge is 0.464 e. The maximum absolute atomic E-state index is 13.3. The van der Waals surface area contributed by atoms with Crippen LogP contribution in [0.5, 0.6) is 0 Å². The predicted molar refractivity (Wildman–Crippen MR) is 137 cm³/mol. The number of carbonyl (C=O) groups is 3. The van der Waals surface area contributed by atoms with Crippen molar-refractivity contribution in [2.24, 2.45) is 0 Å². The lowest BCUT2D eigenvalue weighted by Gasteiger charge is -2.25. The van der Waals surface area contributed by atoms with Crippen LogP contribution in [0, 0.1) is 0 Å². The molecule has 0 atom stereocenters. The lowest BCUT2D eigenvalue weighted by molar-refractivity contribution is 0.0328. The molecule has 0 aliphatic carbocycles. The van der Waals surface area contributed by atoms with Crippen molar-refractivity contribution in [2.75, 3.05) is 26.0 Å². The third-order valence-electron chi connectivity index (χ3n) is 4.61. The van der Waals surface area contributed by atoms with Crippen LogP contribution < -0.4 is 5.32 Å². The van der Waals surface area contributed by atoms with Gasteiger partial charge in [-0.1, -0.05) is 27.5 Å². The Morgan fingerprint density at radius 2 is 1.88 bits per heavy atom. The first-order chi connectivity index (χ1) is 16.0. The van der Waals surface area contributed by atoms with Crippen molar-refractivity contribution in [2.45, 2.75) is 0 Å². The molecular weight excluding hydrogens is 663 g/mol. The van der Waals surface area contributed by atoms with Crippen LogP contribution in [0.25, 0.3) is 5.82 Å². The van der Waals surface area contributed by atoms with Crippen molar-refractivity contribution in [1.82, 2.24) is 24.8 Å². The average Bonchev–Trinajstić information content (AvgIpc) is 3.16. The second kappa shape index (κ2) is 11.0. The van der Waals surface area contributed by atoms with E-state index >= 15 is 0 Å². The van der Waals surface area contributed by atoms with E-state index in [1.807, 2.05) is 0 Å². The van der Waals surface area contributed by atoms with Gasteiger partial charge in [0, 0.05) is 40.9 Å². The van der Waals surface area contributed by atoms with Crippen molar-refractivity contribution in [3.63, 3.8) is 0 Å². The van der Waals surface area contributed by atoms with E-state index in [9.17, 15) is 14.4 Å². The molecule has 0 aliphatic heterocycles. The first-order valence-electron chi connectivity index (χ1n) is 9.37. The molecule has 14 heteroatoms. The van der Waals surface area contributed by atoms with Crippen molar-refractivity contribution < 1.29 is 19.5 Å². The Balaban J connectivity index is 1.97. The number of hydrogen-bond acceptors (Lipinski definition) is 6. The summed E-state index contributed by atoms with van der Waals surface area (Å²) in [6.07, 6.45) is 0.303. The molecule has 10 nitrogen and oxygen atoms in total. The van der Waals surface area contributed by atoms with E-state index in [0.717, 1.165) is 5.01 Å². The molecule has 2 amide bonds. The number of carbonyl (C=O) groups excluding carboxylic acids is 2. The van der Waals surface area contributed by atoms with Gasteiger partial charge in [-0.25, -0.2) is 24.5 Å². The van der Waals surface area contributed by atoms with Gasteiger partial charge in [0.2, 0.25) is 0 Å². The summed E-state index contributed by atoms with van der Waals surface area (Å²) in [6.45, 7) is -0.248. The maximum atomic E-state index is 13.3. The van der Waals surface area contributed by atoms with Crippen molar-refractivity contribution in [3.8, 4) is 5.82 Å². The molecule has 178 valence electrons. The molecule has 2 N–H and O–H groups in total. The van der Waals surface area contributed by atoms with Gasteiger partial charge in [0.15, 0.2) is 11.6 Å². The highest BCUT2D eigenvalue weighted by Gasteiger charge is 2.24. The van der Waals surface area contributed by atoms with E-state index in [0.29, 0.717) is 18.6 Å². The lowest BCUT2D eigenvalue weighted by atomic mass is 10.1. The number of anilines is 1. The molecule has 0 aliphatic rings. The Hall–Kier alpha value is -2.32. The van der Waals surface area contributed by atoms with Crippen LogP contribution in [-0.2, 0) is 0 Å². The van der Waals surface area contributed by atoms with Gasteiger partial charge in [-0.05, 0) is 56.1 Å². The van der Waals surface area contributed by atoms with E-state index in [1.165, 1.54) is 36.0 Å². The van der Waals surface area contributed by atoms with Crippen LogP contribution in [0.4, 0.5) is 10.5 Å². The minimum absolute atomic E-state index is 0.114. The summed E-state index contributed by atoms with van der Waals surface area (Å²) in [5, 5.41) is 18.5. The number of hydrogen-bond donors (Lipinski definition) is 2. The number of aromatic nitrogens is 3. The Bertz CT molecular complexity index is 1290. The van der Waals surface area contributed by atoms with Crippen molar-refractivity contribution >= 4 is 82.9 Å². The molecule has 0 saturated carbocycles. The molecule has 0 unspecified atom stereocenters. The fraction of sp³-hybridized carbons (Fsp3) is 0.150. The van der Waals surface area contributed by atoms with E-state index in [1.54, 1.807) is 24.3 Å². The summed E-state index contributed by atoms with van der Waals surface area (Å²) in [6, 6.07) is 7.97. The predicted octanol–water partition coefficient (Wildman–Crippen LogP) is 5.10. The second-order valence-electron chi connectivity index (χ2n) is 6.88. The van der Waals surface area contributed by atoms with Crippen LogP contribution in [0.1, 0.15) is 20.8 Å². The molecule has 3 rings (SSSR count). The summed E-state index contributed by atoms with van der Waals surface area (Å²) in [4.78, 5) is 41.7. The topological polar surface area (TPSA) is 121 Å². The quantitative estimate of drug-likeness (QED) is 0.264. The normalized spacial score (nSPS) is 10.9. The third-order valence-corrected chi connectivity index (χ3v) is 6.37. The maximum Gasteiger partial charge on any atom is 0.421 e. The first kappa shape index (κ1) is 26.3. The monoisotopic (exact) mass is 676 g/mol. The van der Waals surface area contributed by atoms with Crippen LogP contribution in [0.2, 0.25) is 5.02 Å². The van der Waals surface area contributed by atoms with Crippen LogP contribution in [0.15, 0.2) is 50.1 Å². The number of Topliss-reactive ketones (excluding diaryl/α,β-unsaturated/α-hetero) is 1. The summed E-state index contributed by atoms with van der Waals surface area (Å²) < 4.78 is 2.69. The minimum Gasteiger partial charge on any atom is -0.464 e. The van der Waals surface area contributed by atoms with E-state index in [-0.39, 0.29) is 29.3 Å². The molecule has 2 aromatic heterocycles. The van der Waals surface area contributed by atoms with Crippen LogP contribution >= 0.6 is 59.4 Å². The molecule has 0 radical (unpaired) electrons. The third kappa shape index (κ3) is 5.84. The van der Waals surface area contributed by atoms with Gasteiger partial charge in [-0.15, -0.1) is 0 Å². The Labute approximate surface area is 224 Å². The molecule has 2 heterocycles. The highest BCUT2D eigenvalue weighted by Crippen LogP contribution is 2.32. The summed E-state index contributed by atoms with van der Waals surface area (Å²) in [7, 11) is 2.78. The molecule has 0 saturated heterocycles. The molecule has 34 heavy (non-hydrogen) atoms. The number of nitrogens with zero attached hydrogens (tertiary/aromatic N) is 5. The zero-order valence-corrected chi connectivity index (χ0v) is 23.1. The molecule has 0 fully saturated rings. The number of amides is 2. The van der Waals surface area contributed by atoms with Crippen molar-refractivity contribution in [3.05, 3.63) is 66.4 Å². The smallest absolute Gasteiger partial charge is 0.421 e. The molecular formula is C20H16Br3ClN6O4. The number of ketones is 1. The highest BCUT2D eigenvalue weighted by molar-refractivity contribution is 9.11. The lowest BCUT2D eigenvalue weighted by Crippen LogP contribution is -2.43. The molecule has 3 aromatic rings. The zero-order valence-electron chi connectivity index (χ0n) is 17.6. The van der Waals surface area contributed by atoms with E-state index < -0.39 is 17.8 Å². The minimum atomic E-state index is -1.22. The van der Waals surface area contributed by atoms with Gasteiger partial charge in [0.05, 0.1) is 17.3 Å². The number of pyridine rings is 1. The molecule has 0 spiro atoms. The van der Waals surface area contributed by atoms with Crippen molar-refractivity contribution in [1.29, 1.82) is 0 Å². The Morgan fingerprint density at radius 3 is 2.53 bits per heavy atom. The highest BCUT2D eigenvalue weighted by atomic mass is 79.9. The number of hydrazine groups is 1. The van der Waals surface area contributed by atoms with Gasteiger partial charge in [-0.3, -0.25) is 9.59 Å². The van der Waals surface area contributed by atoms with E-state index in [4.69, 9.17) is 16.7 Å². The van der Waals surface area contributed by atoms with Gasteiger partial charge >= 0.3 is 6.09 Å². The number of likely N-dealkylation sites (N-methyl/N-ethyl adjacent to an activating group) is 1. The summed E-state index contributed by atoms with van der Waals surface area (Å²) >= 11 is 16.2. The van der Waals surface area contributed by atoms with Gasteiger partial charge in [0.1, 0.15) is 10.3 Å². The summed E-state index contributed by atoms with van der Waals surface area (Å²) in [5.41, 5.74) is 0.491. The number of halogens is 4. The number of carboxylic acid groups (broad SMARTS) is 1. The number of benzene rings is 1. The van der Waals surface area contributed by atoms with Crippen LogP contribution in [0.3, 0.4) is 0 Å². The molecule has 0 bridgehead atoms. The zero-order chi connectivity index (χ0) is 25.2. The summed E-state index contributed by atoms with van der Waals surface area (Å²) in [5.74, 6) is -0.743. The number of rotatable bonds is 7. The second-order valence-corrected chi connectivity index (χ2v) is 9.87.